The van der Waals surface area contributed by atoms with E-state index < -0.39 is 0 Å². The number of carbonyl (C=O) groups excluding carboxylic acids is 1. The molecule has 2 rings (SSSR count). The molecule has 0 bridgehead atoms. The molecule has 1 unspecified atom stereocenters. The Morgan fingerprint density at radius 2 is 2.32 bits per heavy atom. The Kier molecular flexibility index (Phi) is 4.80. The van der Waals surface area contributed by atoms with Crippen LogP contribution in [0.25, 0.3) is 0 Å². The average Bonchev–Trinajstić information content (AvgIpc) is 2.40. The van der Waals surface area contributed by atoms with Crippen LogP contribution in [0.1, 0.15) is 26.2 Å². The zero-order chi connectivity index (χ0) is 13.8. The van der Waals surface area contributed by atoms with Gasteiger partial charge in [0.1, 0.15) is 11.6 Å². The highest BCUT2D eigenvalue weighted by Crippen LogP contribution is 2.25. The van der Waals surface area contributed by atoms with Crippen LogP contribution >= 0.6 is 15.9 Å². The monoisotopic (exact) mass is 329 g/mol. The molecule has 104 valence electrons. The minimum Gasteiger partial charge on any atom is -0.482 e. The fourth-order valence-corrected chi connectivity index (χ4v) is 2.64. The Morgan fingerprint density at radius 1 is 1.53 bits per heavy atom. The number of amides is 1. The van der Waals surface area contributed by atoms with E-state index in [-0.39, 0.29) is 24.4 Å². The van der Waals surface area contributed by atoms with E-state index in [0.29, 0.717) is 10.2 Å². The molecule has 0 aliphatic carbocycles. The third-order valence-electron chi connectivity index (χ3n) is 3.37. The lowest BCUT2D eigenvalue weighted by Gasteiger charge is -2.33. The number of halogens is 2. The average molecular weight is 330 g/mol. The van der Waals surface area contributed by atoms with Crippen LogP contribution in [0.5, 0.6) is 5.75 Å². The predicted octanol–water partition coefficient (Wildman–Crippen LogP) is 3.37. The van der Waals surface area contributed by atoms with Crippen molar-refractivity contribution in [3.63, 3.8) is 0 Å². The van der Waals surface area contributed by atoms with Crippen molar-refractivity contribution in [1.29, 1.82) is 0 Å². The first kappa shape index (κ1) is 14.3. The number of ether oxygens (including phenoxy) is 1. The first-order valence-electron chi connectivity index (χ1n) is 6.45. The van der Waals surface area contributed by atoms with Gasteiger partial charge in [-0.1, -0.05) is 0 Å². The quantitative estimate of drug-likeness (QED) is 0.850. The van der Waals surface area contributed by atoms with E-state index in [4.69, 9.17) is 4.74 Å². The first-order chi connectivity index (χ1) is 9.08. The molecule has 0 N–H and O–H groups in total. The number of hydrogen-bond acceptors (Lipinski definition) is 2. The Bertz CT molecular complexity index is 467. The number of likely N-dealkylation sites (tertiary alicyclic amines) is 1. The van der Waals surface area contributed by atoms with Crippen LogP contribution < -0.4 is 4.74 Å². The fourth-order valence-electron chi connectivity index (χ4n) is 2.28. The molecule has 1 saturated heterocycles. The van der Waals surface area contributed by atoms with Gasteiger partial charge in [-0.3, -0.25) is 4.79 Å². The lowest BCUT2D eigenvalue weighted by atomic mass is 10.0. The third-order valence-corrected chi connectivity index (χ3v) is 4.02. The molecule has 5 heteroatoms. The van der Waals surface area contributed by atoms with Crippen molar-refractivity contribution in [1.82, 2.24) is 4.90 Å². The topological polar surface area (TPSA) is 29.5 Å². The van der Waals surface area contributed by atoms with Gasteiger partial charge in [-0.05, 0) is 54.2 Å². The molecule has 1 heterocycles. The van der Waals surface area contributed by atoms with E-state index in [1.54, 1.807) is 6.07 Å². The second-order valence-corrected chi connectivity index (χ2v) is 5.65. The third kappa shape index (κ3) is 3.69. The van der Waals surface area contributed by atoms with Gasteiger partial charge in [0.15, 0.2) is 6.61 Å². The second kappa shape index (κ2) is 6.37. The summed E-state index contributed by atoms with van der Waals surface area (Å²) in [4.78, 5) is 13.9. The Morgan fingerprint density at radius 3 is 3.05 bits per heavy atom. The van der Waals surface area contributed by atoms with Gasteiger partial charge in [-0.15, -0.1) is 0 Å². The van der Waals surface area contributed by atoms with Gasteiger partial charge in [-0.2, -0.15) is 0 Å². The number of nitrogens with zero attached hydrogens (tertiary/aromatic N) is 1. The van der Waals surface area contributed by atoms with Gasteiger partial charge in [0.05, 0.1) is 4.47 Å². The SMILES string of the molecule is CC1CCCCN1C(=O)COc1cc(F)ccc1Br. The van der Waals surface area contributed by atoms with Gasteiger partial charge in [-0.25, -0.2) is 4.39 Å². The van der Waals surface area contributed by atoms with Gasteiger partial charge in [0.25, 0.3) is 5.91 Å². The van der Waals surface area contributed by atoms with E-state index in [1.165, 1.54) is 18.6 Å². The smallest absolute Gasteiger partial charge is 0.260 e. The summed E-state index contributed by atoms with van der Waals surface area (Å²) in [6, 6.07) is 4.45. The van der Waals surface area contributed by atoms with Crippen molar-refractivity contribution < 1.29 is 13.9 Å². The van der Waals surface area contributed by atoms with Gasteiger partial charge in [0, 0.05) is 18.7 Å². The Balaban J connectivity index is 1.94. The Hall–Kier alpha value is -1.10. The summed E-state index contributed by atoms with van der Waals surface area (Å²) in [5.74, 6) is -0.0571. The standard InChI is InChI=1S/C14H17BrFNO2/c1-10-4-2-3-7-17(10)14(18)9-19-13-8-11(16)5-6-12(13)15/h5-6,8,10H,2-4,7,9H2,1H3. The molecule has 19 heavy (non-hydrogen) atoms. The number of hydrogen-bond donors (Lipinski definition) is 0. The van der Waals surface area contributed by atoms with Crippen molar-refractivity contribution in [3.05, 3.63) is 28.5 Å². The molecule has 1 fully saturated rings. The highest BCUT2D eigenvalue weighted by atomic mass is 79.9. The minimum absolute atomic E-state index is 0.0386. The van der Waals surface area contributed by atoms with Gasteiger partial charge in [0.2, 0.25) is 0 Å². The maximum absolute atomic E-state index is 13.1. The van der Waals surface area contributed by atoms with Crippen LogP contribution in [0.3, 0.4) is 0 Å². The largest absolute Gasteiger partial charge is 0.482 e. The normalized spacial score (nSPS) is 19.3. The van der Waals surface area contributed by atoms with Crippen molar-refractivity contribution in [3.8, 4) is 5.75 Å². The summed E-state index contributed by atoms with van der Waals surface area (Å²) < 4.78 is 19.1. The van der Waals surface area contributed by atoms with Crippen molar-refractivity contribution >= 4 is 21.8 Å². The van der Waals surface area contributed by atoms with Crippen LogP contribution in [0.15, 0.2) is 22.7 Å². The molecule has 1 aliphatic rings. The maximum Gasteiger partial charge on any atom is 0.260 e. The summed E-state index contributed by atoms with van der Waals surface area (Å²) in [7, 11) is 0. The van der Waals surface area contributed by atoms with E-state index >= 15 is 0 Å². The molecule has 3 nitrogen and oxygen atoms in total. The van der Waals surface area contributed by atoms with E-state index in [9.17, 15) is 9.18 Å². The summed E-state index contributed by atoms with van der Waals surface area (Å²) in [6.07, 6.45) is 3.25. The minimum atomic E-state index is -0.378. The maximum atomic E-state index is 13.1. The number of benzene rings is 1. The van der Waals surface area contributed by atoms with Crippen molar-refractivity contribution in [2.75, 3.05) is 13.2 Å². The second-order valence-electron chi connectivity index (χ2n) is 4.80. The van der Waals surface area contributed by atoms with Gasteiger partial charge < -0.3 is 9.64 Å². The molecule has 1 aromatic carbocycles. The molecule has 1 aliphatic heterocycles. The molecule has 0 aromatic heterocycles. The van der Waals surface area contributed by atoms with Gasteiger partial charge >= 0.3 is 0 Å². The molecule has 0 spiro atoms. The van der Waals surface area contributed by atoms with Crippen LogP contribution in [-0.4, -0.2) is 30.0 Å². The number of rotatable bonds is 3. The van der Waals surface area contributed by atoms with Crippen molar-refractivity contribution in [2.45, 2.75) is 32.2 Å². The fraction of sp³-hybridized carbons (Fsp3) is 0.500. The number of carbonyl (C=O) groups is 1. The van der Waals surface area contributed by atoms with Crippen LogP contribution in [0.2, 0.25) is 0 Å². The summed E-state index contributed by atoms with van der Waals surface area (Å²) >= 11 is 3.27. The molecule has 1 atom stereocenters. The summed E-state index contributed by atoms with van der Waals surface area (Å²) in [5.41, 5.74) is 0. The molecule has 1 aromatic rings. The lowest BCUT2D eigenvalue weighted by Crippen LogP contribution is -2.44. The van der Waals surface area contributed by atoms with Crippen molar-refractivity contribution in [2.24, 2.45) is 0 Å². The van der Waals surface area contributed by atoms with Crippen LogP contribution in [-0.2, 0) is 4.79 Å². The van der Waals surface area contributed by atoms with E-state index in [2.05, 4.69) is 22.9 Å². The van der Waals surface area contributed by atoms with Crippen LogP contribution in [0, 0.1) is 5.82 Å². The zero-order valence-electron chi connectivity index (χ0n) is 10.9. The highest BCUT2D eigenvalue weighted by molar-refractivity contribution is 9.10. The lowest BCUT2D eigenvalue weighted by molar-refractivity contribution is -0.136. The molecular formula is C14H17BrFNO2. The van der Waals surface area contributed by atoms with E-state index in [0.717, 1.165) is 19.4 Å². The predicted molar refractivity (Wildman–Crippen MR) is 74.6 cm³/mol. The van der Waals surface area contributed by atoms with Crippen LogP contribution in [0.4, 0.5) is 4.39 Å². The number of piperidine rings is 1. The Labute approximate surface area is 120 Å². The summed E-state index contributed by atoms with van der Waals surface area (Å²) in [6.45, 7) is 2.79. The first-order valence-corrected chi connectivity index (χ1v) is 7.24. The molecule has 0 saturated carbocycles. The molecule has 0 radical (unpaired) electrons. The molecule has 1 amide bonds. The zero-order valence-corrected chi connectivity index (χ0v) is 12.5. The highest BCUT2D eigenvalue weighted by Gasteiger charge is 2.23. The van der Waals surface area contributed by atoms with E-state index in [1.807, 2.05) is 4.90 Å². The molecular weight excluding hydrogens is 313 g/mol. The summed E-state index contributed by atoms with van der Waals surface area (Å²) in [5, 5.41) is 0.